The molecular weight excluding hydrogens is 324 g/mol. The third-order valence-corrected chi connectivity index (χ3v) is 4.51. The lowest BCUT2D eigenvalue weighted by Crippen LogP contribution is -2.25. The molecule has 132 valence electrons. The first-order valence-corrected chi connectivity index (χ1v) is 8.86. The minimum Gasteiger partial charge on any atom is -0.388 e. The Morgan fingerprint density at radius 1 is 1.12 bits per heavy atom. The normalized spacial score (nSPS) is 14.1. The van der Waals surface area contributed by atoms with E-state index in [0.29, 0.717) is 0 Å². The fourth-order valence-electron chi connectivity index (χ4n) is 3.08. The molecule has 2 aromatic heterocycles. The fourth-order valence-corrected chi connectivity index (χ4v) is 3.08. The monoisotopic (exact) mass is 346 g/mol. The van der Waals surface area contributed by atoms with Crippen LogP contribution in [0.5, 0.6) is 0 Å². The second-order valence-corrected chi connectivity index (χ2v) is 6.29. The summed E-state index contributed by atoms with van der Waals surface area (Å²) in [4.78, 5) is 13.8. The van der Waals surface area contributed by atoms with E-state index in [1.165, 1.54) is 5.57 Å². The van der Waals surface area contributed by atoms with E-state index < -0.39 is 0 Å². The Bertz CT molecular complexity index is 933. The van der Waals surface area contributed by atoms with Gasteiger partial charge in [-0.3, -0.25) is 4.98 Å². The van der Waals surface area contributed by atoms with E-state index in [-0.39, 0.29) is 0 Å². The summed E-state index contributed by atoms with van der Waals surface area (Å²) in [6, 6.07) is 10.2. The first-order valence-electron chi connectivity index (χ1n) is 8.86. The van der Waals surface area contributed by atoms with Crippen LogP contribution < -0.4 is 16.0 Å². The van der Waals surface area contributed by atoms with Gasteiger partial charge in [0.2, 0.25) is 0 Å². The van der Waals surface area contributed by atoms with Crippen molar-refractivity contribution in [2.45, 2.75) is 6.42 Å². The number of pyridine rings is 1. The predicted molar refractivity (Wildman–Crippen MR) is 106 cm³/mol. The zero-order valence-corrected chi connectivity index (χ0v) is 14.8. The summed E-state index contributed by atoms with van der Waals surface area (Å²) in [5.74, 6) is 0.773. The number of fused-ring (bicyclic) bond motifs is 1. The first kappa shape index (κ1) is 16.5. The van der Waals surface area contributed by atoms with Crippen LogP contribution in [-0.2, 0) is 0 Å². The Morgan fingerprint density at radius 3 is 2.73 bits per heavy atom. The van der Waals surface area contributed by atoms with Crippen molar-refractivity contribution in [3.05, 3.63) is 54.4 Å². The molecular formula is C20H22N6. The van der Waals surface area contributed by atoms with Crippen molar-refractivity contribution in [2.24, 2.45) is 0 Å². The van der Waals surface area contributed by atoms with Gasteiger partial charge in [0.1, 0.15) is 5.52 Å². The number of aromatic nitrogens is 3. The average Bonchev–Trinajstić information content (AvgIpc) is 2.72. The van der Waals surface area contributed by atoms with Gasteiger partial charge in [0.05, 0.1) is 11.2 Å². The highest BCUT2D eigenvalue weighted by atomic mass is 15.0. The van der Waals surface area contributed by atoms with Gasteiger partial charge in [-0.25, -0.2) is 9.97 Å². The molecule has 1 aromatic carbocycles. The van der Waals surface area contributed by atoms with Crippen molar-refractivity contribution in [1.29, 1.82) is 0 Å². The van der Waals surface area contributed by atoms with Crippen molar-refractivity contribution in [3.63, 3.8) is 0 Å². The van der Waals surface area contributed by atoms with E-state index in [1.807, 2.05) is 25.2 Å². The zero-order chi connectivity index (χ0) is 17.8. The average molecular weight is 346 g/mol. The van der Waals surface area contributed by atoms with Crippen LogP contribution >= 0.6 is 0 Å². The maximum Gasteiger partial charge on any atom is 0.155 e. The van der Waals surface area contributed by atoms with Crippen LogP contribution in [0.4, 0.5) is 11.5 Å². The van der Waals surface area contributed by atoms with Crippen LogP contribution in [0, 0.1) is 0 Å². The first-order chi connectivity index (χ1) is 12.8. The number of hydrogen-bond acceptors (Lipinski definition) is 6. The van der Waals surface area contributed by atoms with Crippen molar-refractivity contribution in [2.75, 3.05) is 37.3 Å². The van der Waals surface area contributed by atoms with Gasteiger partial charge in [-0.15, -0.1) is 0 Å². The van der Waals surface area contributed by atoms with Crippen molar-refractivity contribution >= 4 is 22.5 Å². The molecule has 3 aromatic rings. The Balaban J connectivity index is 1.69. The van der Waals surface area contributed by atoms with Crippen LogP contribution in [0.3, 0.4) is 0 Å². The molecule has 6 heteroatoms. The second kappa shape index (κ2) is 7.49. The molecule has 1 aliphatic heterocycles. The molecule has 0 radical (unpaired) electrons. The molecule has 0 unspecified atom stereocenters. The van der Waals surface area contributed by atoms with Crippen LogP contribution in [0.2, 0.25) is 0 Å². The molecule has 0 fully saturated rings. The van der Waals surface area contributed by atoms with Gasteiger partial charge >= 0.3 is 0 Å². The maximum absolute atomic E-state index is 4.83. The number of rotatable bonds is 5. The molecule has 6 nitrogen and oxygen atoms in total. The number of nitrogens with zero attached hydrogens (tertiary/aromatic N) is 3. The minimum atomic E-state index is 0.758. The Morgan fingerprint density at radius 2 is 1.96 bits per heavy atom. The summed E-state index contributed by atoms with van der Waals surface area (Å²) >= 11 is 0. The summed E-state index contributed by atoms with van der Waals surface area (Å²) < 4.78 is 0. The van der Waals surface area contributed by atoms with Gasteiger partial charge in [0.15, 0.2) is 5.82 Å². The SMILES string of the molecule is CNc1ccc(-c2cc3nccnc3c(NCC3=CCCNC3)n2)cc1. The van der Waals surface area contributed by atoms with E-state index in [0.717, 1.165) is 59.9 Å². The molecule has 0 aliphatic carbocycles. The van der Waals surface area contributed by atoms with Gasteiger partial charge in [-0.05, 0) is 36.7 Å². The summed E-state index contributed by atoms with van der Waals surface area (Å²) in [7, 11) is 1.91. The molecule has 3 heterocycles. The second-order valence-electron chi connectivity index (χ2n) is 6.29. The summed E-state index contributed by atoms with van der Waals surface area (Å²) in [6.07, 6.45) is 6.78. The smallest absolute Gasteiger partial charge is 0.155 e. The number of nitrogens with one attached hydrogen (secondary N) is 3. The van der Waals surface area contributed by atoms with E-state index in [4.69, 9.17) is 4.98 Å². The molecule has 4 rings (SSSR count). The lowest BCUT2D eigenvalue weighted by molar-refractivity contribution is 0.697. The third-order valence-electron chi connectivity index (χ3n) is 4.51. The standard InChI is InChI=1S/C20H22N6/c1-21-16-6-4-15(5-7-16)17-11-18-19(24-10-9-23-18)20(26-17)25-13-14-3-2-8-22-12-14/h3-7,9-11,21-22H,2,8,12-13H2,1H3,(H,25,26). The summed E-state index contributed by atoms with van der Waals surface area (Å²) in [5, 5.41) is 9.99. The Hall–Kier alpha value is -2.99. The number of anilines is 2. The fraction of sp³-hybridized carbons (Fsp3) is 0.250. The van der Waals surface area contributed by atoms with Gasteiger partial charge < -0.3 is 16.0 Å². The lowest BCUT2D eigenvalue weighted by Gasteiger charge is -2.16. The summed E-state index contributed by atoms with van der Waals surface area (Å²) in [6.45, 7) is 2.73. The van der Waals surface area contributed by atoms with Gasteiger partial charge in [0, 0.05) is 43.8 Å². The van der Waals surface area contributed by atoms with Crippen molar-refractivity contribution in [1.82, 2.24) is 20.3 Å². The molecule has 26 heavy (non-hydrogen) atoms. The molecule has 1 aliphatic rings. The minimum absolute atomic E-state index is 0.758. The van der Waals surface area contributed by atoms with Crippen LogP contribution in [0.1, 0.15) is 6.42 Å². The molecule has 0 saturated carbocycles. The Kier molecular flexibility index (Phi) is 4.75. The summed E-state index contributed by atoms with van der Waals surface area (Å²) in [5.41, 5.74) is 6.00. The van der Waals surface area contributed by atoms with Crippen molar-refractivity contribution < 1.29 is 0 Å². The molecule has 0 atom stereocenters. The van der Waals surface area contributed by atoms with Gasteiger partial charge in [0.25, 0.3) is 0 Å². The molecule has 0 amide bonds. The van der Waals surface area contributed by atoms with Crippen molar-refractivity contribution in [3.8, 4) is 11.3 Å². The maximum atomic E-state index is 4.83. The van der Waals surface area contributed by atoms with E-state index >= 15 is 0 Å². The Labute approximate surface area is 152 Å². The number of benzene rings is 1. The molecule has 0 bridgehead atoms. The van der Waals surface area contributed by atoms with E-state index in [9.17, 15) is 0 Å². The van der Waals surface area contributed by atoms with E-state index in [2.05, 4.69) is 44.1 Å². The van der Waals surface area contributed by atoms with Crippen LogP contribution in [-0.4, -0.2) is 41.6 Å². The van der Waals surface area contributed by atoms with Crippen LogP contribution in [0.25, 0.3) is 22.3 Å². The lowest BCUT2D eigenvalue weighted by atomic mass is 10.1. The predicted octanol–water partition coefficient (Wildman–Crippen LogP) is 3.07. The van der Waals surface area contributed by atoms with Gasteiger partial charge in [-0.2, -0.15) is 0 Å². The molecule has 3 N–H and O–H groups in total. The highest BCUT2D eigenvalue weighted by molar-refractivity contribution is 5.88. The largest absolute Gasteiger partial charge is 0.388 e. The highest BCUT2D eigenvalue weighted by Gasteiger charge is 2.11. The third kappa shape index (κ3) is 3.50. The van der Waals surface area contributed by atoms with Crippen LogP contribution in [0.15, 0.2) is 54.4 Å². The molecule has 0 spiro atoms. The van der Waals surface area contributed by atoms with Gasteiger partial charge in [-0.1, -0.05) is 18.2 Å². The highest BCUT2D eigenvalue weighted by Crippen LogP contribution is 2.26. The van der Waals surface area contributed by atoms with E-state index in [1.54, 1.807) is 12.4 Å². The number of hydrogen-bond donors (Lipinski definition) is 3. The molecule has 0 saturated heterocycles. The quantitative estimate of drug-likeness (QED) is 0.617. The zero-order valence-electron chi connectivity index (χ0n) is 14.8. The topological polar surface area (TPSA) is 74.8 Å².